The average Bonchev–Trinajstić information content (AvgIpc) is 3.42. The molecule has 0 heterocycles. The van der Waals surface area contributed by atoms with Crippen molar-refractivity contribution in [2.75, 3.05) is 9.80 Å². The Kier molecular flexibility index (Phi) is 10.6. The van der Waals surface area contributed by atoms with Gasteiger partial charge in [0.05, 0.1) is 0 Å². The maximum atomic E-state index is 2.46. The Morgan fingerprint density at radius 1 is 0.191 bits per heavy atom. The Hall–Kier alpha value is -8.98. The third kappa shape index (κ3) is 7.45. The van der Waals surface area contributed by atoms with Gasteiger partial charge in [-0.2, -0.15) is 0 Å². The Bertz CT molecular complexity index is 3590. The number of para-hydroxylation sites is 4. The monoisotopic (exact) mass is 866 g/mol. The Morgan fingerprint density at radius 3 is 1.03 bits per heavy atom. The summed E-state index contributed by atoms with van der Waals surface area (Å²) >= 11 is 0. The molecule has 0 unspecified atom stereocenters. The third-order valence-electron chi connectivity index (χ3n) is 13.2. The van der Waals surface area contributed by atoms with E-state index in [4.69, 9.17) is 0 Å². The molecular formula is C66H46N2. The maximum Gasteiger partial charge on any atom is 0.0462 e. The van der Waals surface area contributed by atoms with Crippen LogP contribution in [0.1, 0.15) is 0 Å². The van der Waals surface area contributed by atoms with E-state index in [1.54, 1.807) is 0 Å². The summed E-state index contributed by atoms with van der Waals surface area (Å²) in [6.07, 6.45) is 0. The van der Waals surface area contributed by atoms with Crippen LogP contribution in [0, 0.1) is 0 Å². The van der Waals surface area contributed by atoms with Crippen LogP contribution in [0.2, 0.25) is 0 Å². The van der Waals surface area contributed by atoms with Gasteiger partial charge in [0.25, 0.3) is 0 Å². The lowest BCUT2D eigenvalue weighted by Crippen LogP contribution is -2.09. The number of fused-ring (bicyclic) bond motifs is 6. The zero-order valence-corrected chi connectivity index (χ0v) is 37.5. The molecule has 0 atom stereocenters. The summed E-state index contributed by atoms with van der Waals surface area (Å²) in [5, 5.41) is 7.41. The van der Waals surface area contributed by atoms with Crippen molar-refractivity contribution in [2.45, 2.75) is 0 Å². The summed E-state index contributed by atoms with van der Waals surface area (Å²) in [7, 11) is 0. The summed E-state index contributed by atoms with van der Waals surface area (Å²) in [5.41, 5.74) is 16.1. The first-order valence-corrected chi connectivity index (χ1v) is 23.3. The van der Waals surface area contributed by atoms with E-state index in [0.717, 1.165) is 45.3 Å². The predicted molar refractivity (Wildman–Crippen MR) is 290 cm³/mol. The number of rotatable bonds is 10. The molecule has 0 saturated heterocycles. The molecule has 0 fully saturated rings. The SMILES string of the molecule is c1ccc(-c2ccc3c(c2)c2ccccc2c2c(-c4ccc(N(c5ccccc5)c5ccccc5)cc4)cc(-c4ccccc4)c(-c4ccc(N(c5ccccc5)c5ccccc5)cc4)c32)cc1. The first-order chi connectivity index (χ1) is 33.8. The number of nitrogens with zero attached hydrogens (tertiary/aromatic N) is 2. The molecule has 12 aromatic carbocycles. The lowest BCUT2D eigenvalue weighted by molar-refractivity contribution is 1.28. The van der Waals surface area contributed by atoms with Crippen LogP contribution in [-0.2, 0) is 0 Å². The minimum atomic E-state index is 1.09. The maximum absolute atomic E-state index is 2.46. The summed E-state index contributed by atoms with van der Waals surface area (Å²) in [6, 6.07) is 101. The second-order valence-corrected chi connectivity index (χ2v) is 17.2. The largest absolute Gasteiger partial charge is 0.311 e. The van der Waals surface area contributed by atoms with Gasteiger partial charge in [0.2, 0.25) is 0 Å². The van der Waals surface area contributed by atoms with Crippen molar-refractivity contribution in [3.63, 3.8) is 0 Å². The molecule has 0 aromatic heterocycles. The molecule has 12 rings (SSSR count). The van der Waals surface area contributed by atoms with Gasteiger partial charge in [-0.25, -0.2) is 0 Å². The van der Waals surface area contributed by atoms with Crippen molar-refractivity contribution in [2.24, 2.45) is 0 Å². The summed E-state index contributed by atoms with van der Waals surface area (Å²) in [4.78, 5) is 4.66. The molecule has 0 amide bonds. The third-order valence-corrected chi connectivity index (χ3v) is 13.2. The highest BCUT2D eigenvalue weighted by atomic mass is 15.1. The minimum Gasteiger partial charge on any atom is -0.311 e. The van der Waals surface area contributed by atoms with Gasteiger partial charge in [-0.1, -0.05) is 194 Å². The van der Waals surface area contributed by atoms with Gasteiger partial charge in [-0.15, -0.1) is 0 Å². The normalized spacial score (nSPS) is 11.2. The highest BCUT2D eigenvalue weighted by Crippen LogP contribution is 2.50. The first kappa shape index (κ1) is 40.5. The summed E-state index contributed by atoms with van der Waals surface area (Å²) in [6.45, 7) is 0. The van der Waals surface area contributed by atoms with Crippen LogP contribution in [0.25, 0.3) is 76.8 Å². The molecule has 2 heteroatoms. The molecule has 0 aliphatic carbocycles. The summed E-state index contributed by atoms with van der Waals surface area (Å²) in [5.74, 6) is 0. The molecule has 0 bridgehead atoms. The van der Waals surface area contributed by atoms with Gasteiger partial charge in [-0.05, 0) is 162 Å². The van der Waals surface area contributed by atoms with Crippen LogP contribution in [0.3, 0.4) is 0 Å². The highest BCUT2D eigenvalue weighted by Gasteiger charge is 2.23. The second kappa shape index (κ2) is 17.8. The van der Waals surface area contributed by atoms with Gasteiger partial charge >= 0.3 is 0 Å². The summed E-state index contributed by atoms with van der Waals surface area (Å²) < 4.78 is 0. The van der Waals surface area contributed by atoms with Crippen molar-refractivity contribution in [1.29, 1.82) is 0 Å². The number of benzene rings is 12. The first-order valence-electron chi connectivity index (χ1n) is 23.3. The fourth-order valence-corrected chi connectivity index (χ4v) is 10.1. The Morgan fingerprint density at radius 2 is 0.544 bits per heavy atom. The van der Waals surface area contributed by atoms with Gasteiger partial charge < -0.3 is 9.80 Å². The molecule has 0 radical (unpaired) electrons. The quantitative estimate of drug-likeness (QED) is 0.126. The second-order valence-electron chi connectivity index (χ2n) is 17.2. The van der Waals surface area contributed by atoms with E-state index in [2.05, 4.69) is 289 Å². The lowest BCUT2D eigenvalue weighted by atomic mass is 9.81. The van der Waals surface area contributed by atoms with E-state index < -0.39 is 0 Å². The zero-order valence-electron chi connectivity index (χ0n) is 37.5. The number of anilines is 6. The van der Waals surface area contributed by atoms with E-state index in [-0.39, 0.29) is 0 Å². The molecule has 0 spiro atoms. The van der Waals surface area contributed by atoms with E-state index in [9.17, 15) is 0 Å². The van der Waals surface area contributed by atoms with Gasteiger partial charge in [-0.3, -0.25) is 0 Å². The molecule has 320 valence electrons. The predicted octanol–water partition coefficient (Wildman–Crippen LogP) is 18.8. The van der Waals surface area contributed by atoms with Gasteiger partial charge in [0.15, 0.2) is 0 Å². The van der Waals surface area contributed by atoms with E-state index in [1.807, 2.05) is 0 Å². The van der Waals surface area contributed by atoms with Crippen molar-refractivity contribution < 1.29 is 0 Å². The Labute approximate surface area is 397 Å². The van der Waals surface area contributed by atoms with Gasteiger partial charge in [0, 0.05) is 34.1 Å². The molecule has 0 aliphatic heterocycles. The zero-order chi connectivity index (χ0) is 45.2. The lowest BCUT2D eigenvalue weighted by Gasteiger charge is -2.26. The Balaban J connectivity index is 1.14. The fraction of sp³-hybridized carbons (Fsp3) is 0. The van der Waals surface area contributed by atoms with Crippen molar-refractivity contribution in [1.82, 2.24) is 0 Å². The average molecular weight is 867 g/mol. The van der Waals surface area contributed by atoms with Crippen LogP contribution in [0.15, 0.2) is 279 Å². The van der Waals surface area contributed by atoms with E-state index >= 15 is 0 Å². The number of hydrogen-bond acceptors (Lipinski definition) is 2. The molecule has 0 aliphatic rings. The van der Waals surface area contributed by atoms with E-state index in [1.165, 1.54) is 65.7 Å². The van der Waals surface area contributed by atoms with Crippen LogP contribution in [0.5, 0.6) is 0 Å². The van der Waals surface area contributed by atoms with E-state index in [0.29, 0.717) is 0 Å². The van der Waals surface area contributed by atoms with Crippen LogP contribution in [-0.4, -0.2) is 0 Å². The number of hydrogen-bond donors (Lipinski definition) is 0. The van der Waals surface area contributed by atoms with Gasteiger partial charge in [0.1, 0.15) is 0 Å². The topological polar surface area (TPSA) is 6.48 Å². The van der Waals surface area contributed by atoms with Crippen molar-refractivity contribution in [3.05, 3.63) is 279 Å². The van der Waals surface area contributed by atoms with Crippen LogP contribution >= 0.6 is 0 Å². The van der Waals surface area contributed by atoms with Crippen LogP contribution in [0.4, 0.5) is 34.1 Å². The molecular weight excluding hydrogens is 821 g/mol. The van der Waals surface area contributed by atoms with Crippen molar-refractivity contribution in [3.8, 4) is 44.5 Å². The minimum absolute atomic E-state index is 1.09. The molecule has 12 aromatic rings. The smallest absolute Gasteiger partial charge is 0.0462 e. The standard InChI is InChI=1S/C66H46N2/c1-7-21-47(22-8-1)51-39-44-60-63(45-51)58-33-19-20-34-59(58)65-62(49-35-40-56(41-36-49)67(52-25-11-3-12-26-52)53-27-13-4-14-28-53)46-61(48-23-9-2-10-24-48)64(66(60)65)50-37-42-57(43-38-50)68(54-29-15-5-16-30-54)55-31-17-6-18-32-55/h1-46H. The highest BCUT2D eigenvalue weighted by molar-refractivity contribution is 6.33. The molecule has 0 saturated carbocycles. The fourth-order valence-electron chi connectivity index (χ4n) is 10.1. The van der Waals surface area contributed by atoms with Crippen molar-refractivity contribution >= 4 is 66.4 Å². The molecule has 68 heavy (non-hydrogen) atoms. The molecule has 2 nitrogen and oxygen atoms in total. The molecule has 0 N–H and O–H groups in total. The van der Waals surface area contributed by atoms with Crippen LogP contribution < -0.4 is 9.80 Å².